The highest BCUT2D eigenvalue weighted by Gasteiger charge is 2.06. The zero-order valence-electron chi connectivity index (χ0n) is 7.11. The Balaban J connectivity index is 3.02. The molecule has 72 valence electrons. The van der Waals surface area contributed by atoms with Crippen molar-refractivity contribution in [3.05, 3.63) is 44.7 Å². The number of aromatic nitrogens is 1. The zero-order chi connectivity index (χ0) is 10.1. The molecule has 2 aromatic rings. The average molecular weight is 209 g/mol. The standard InChI is InChI=1S/C9H7NO3S/c11-8-7-5(4-14)2-1-3-6(7)10-9(12)13-8/h1-3,14H,4H2,(H,10,12). The summed E-state index contributed by atoms with van der Waals surface area (Å²) in [5.41, 5.74) is 0.613. The van der Waals surface area contributed by atoms with Crippen LogP contribution in [0.4, 0.5) is 0 Å². The molecule has 0 saturated carbocycles. The molecule has 0 aliphatic carbocycles. The van der Waals surface area contributed by atoms with Gasteiger partial charge in [0.05, 0.1) is 10.9 Å². The Labute approximate surface area is 84.0 Å². The van der Waals surface area contributed by atoms with Gasteiger partial charge in [0.15, 0.2) is 0 Å². The van der Waals surface area contributed by atoms with Gasteiger partial charge in [-0.1, -0.05) is 12.1 Å². The first-order valence-electron chi connectivity index (χ1n) is 3.98. The molecule has 0 unspecified atom stereocenters. The molecule has 4 nitrogen and oxygen atoms in total. The van der Waals surface area contributed by atoms with Crippen LogP contribution >= 0.6 is 12.6 Å². The number of hydrogen-bond donors (Lipinski definition) is 2. The molecule has 1 heterocycles. The smallest absolute Gasteiger partial charge is 0.372 e. The van der Waals surface area contributed by atoms with Gasteiger partial charge in [0, 0.05) is 5.75 Å². The van der Waals surface area contributed by atoms with Gasteiger partial charge in [0.25, 0.3) is 0 Å². The van der Waals surface area contributed by atoms with Crippen LogP contribution in [0.2, 0.25) is 0 Å². The van der Waals surface area contributed by atoms with Crippen molar-refractivity contribution in [1.82, 2.24) is 4.98 Å². The van der Waals surface area contributed by atoms with Gasteiger partial charge in [-0.3, -0.25) is 4.98 Å². The third kappa shape index (κ3) is 1.35. The van der Waals surface area contributed by atoms with E-state index >= 15 is 0 Å². The number of rotatable bonds is 1. The van der Waals surface area contributed by atoms with Gasteiger partial charge >= 0.3 is 11.4 Å². The van der Waals surface area contributed by atoms with Crippen molar-refractivity contribution in [2.75, 3.05) is 0 Å². The molecule has 0 spiro atoms. The van der Waals surface area contributed by atoms with Crippen LogP contribution < -0.4 is 11.4 Å². The summed E-state index contributed by atoms with van der Waals surface area (Å²) in [4.78, 5) is 24.7. The van der Waals surface area contributed by atoms with Gasteiger partial charge in [-0.25, -0.2) is 9.59 Å². The van der Waals surface area contributed by atoms with Crippen LogP contribution in [0.3, 0.4) is 0 Å². The summed E-state index contributed by atoms with van der Waals surface area (Å²) in [5.74, 6) is -0.312. The van der Waals surface area contributed by atoms with Crippen molar-refractivity contribution in [3.63, 3.8) is 0 Å². The summed E-state index contributed by atoms with van der Waals surface area (Å²) < 4.78 is 4.43. The van der Waals surface area contributed by atoms with Crippen LogP contribution in [0.5, 0.6) is 0 Å². The molecule has 0 radical (unpaired) electrons. The van der Waals surface area contributed by atoms with Crippen molar-refractivity contribution in [2.45, 2.75) is 5.75 Å². The van der Waals surface area contributed by atoms with Gasteiger partial charge in [-0.05, 0) is 11.6 Å². The molecule has 5 heteroatoms. The molecule has 1 aromatic carbocycles. The molecule has 0 saturated heterocycles. The molecule has 1 N–H and O–H groups in total. The number of benzene rings is 1. The minimum atomic E-state index is -0.737. The Bertz CT molecular complexity index is 584. The lowest BCUT2D eigenvalue weighted by atomic mass is 10.1. The Hall–Kier alpha value is -1.49. The maximum atomic E-state index is 11.4. The fourth-order valence-corrected chi connectivity index (χ4v) is 1.61. The number of fused-ring (bicyclic) bond motifs is 1. The predicted octanol–water partition coefficient (Wildman–Crippen LogP) is 0.911. The average Bonchev–Trinajstić information content (AvgIpc) is 2.16. The normalized spacial score (nSPS) is 10.6. The quantitative estimate of drug-likeness (QED) is 0.686. The second-order valence-electron chi connectivity index (χ2n) is 2.80. The lowest BCUT2D eigenvalue weighted by Crippen LogP contribution is -2.15. The topological polar surface area (TPSA) is 63.1 Å². The zero-order valence-corrected chi connectivity index (χ0v) is 8.01. The summed E-state index contributed by atoms with van der Waals surface area (Å²) in [6, 6.07) is 5.18. The molecule has 14 heavy (non-hydrogen) atoms. The molecular weight excluding hydrogens is 202 g/mol. The monoisotopic (exact) mass is 209 g/mol. The van der Waals surface area contributed by atoms with Crippen molar-refractivity contribution in [3.8, 4) is 0 Å². The second kappa shape index (κ2) is 3.34. The molecule has 0 atom stereocenters. The molecule has 1 aromatic heterocycles. The third-order valence-electron chi connectivity index (χ3n) is 1.95. The summed E-state index contributed by atoms with van der Waals surface area (Å²) in [5, 5.41) is 0.391. The third-order valence-corrected chi connectivity index (χ3v) is 2.29. The number of aromatic amines is 1. The Kier molecular flexibility index (Phi) is 2.17. The van der Waals surface area contributed by atoms with E-state index in [1.54, 1.807) is 18.2 Å². The number of H-pyrrole nitrogens is 1. The van der Waals surface area contributed by atoms with E-state index in [9.17, 15) is 9.59 Å². The lowest BCUT2D eigenvalue weighted by molar-refractivity contribution is 0.460. The van der Waals surface area contributed by atoms with Crippen LogP contribution in [-0.4, -0.2) is 4.98 Å². The first-order chi connectivity index (χ1) is 6.72. The van der Waals surface area contributed by atoms with Crippen LogP contribution in [0.1, 0.15) is 5.56 Å². The van der Waals surface area contributed by atoms with Gasteiger partial charge in [-0.2, -0.15) is 12.6 Å². The number of nitrogens with one attached hydrogen (secondary N) is 1. The highest BCUT2D eigenvalue weighted by atomic mass is 32.1. The van der Waals surface area contributed by atoms with Crippen LogP contribution in [-0.2, 0) is 5.75 Å². The maximum absolute atomic E-state index is 11.4. The maximum Gasteiger partial charge on any atom is 0.419 e. The fraction of sp³-hybridized carbons (Fsp3) is 0.111. The van der Waals surface area contributed by atoms with E-state index in [0.717, 1.165) is 5.56 Å². The second-order valence-corrected chi connectivity index (χ2v) is 3.12. The molecule has 0 bridgehead atoms. The molecule has 0 aliphatic heterocycles. The summed E-state index contributed by atoms with van der Waals surface area (Å²) >= 11 is 4.09. The number of hydrogen-bond acceptors (Lipinski definition) is 4. The van der Waals surface area contributed by atoms with Gasteiger partial charge in [0.1, 0.15) is 0 Å². The Morgan fingerprint density at radius 2 is 2.14 bits per heavy atom. The summed E-state index contributed by atoms with van der Waals surface area (Å²) in [6.07, 6.45) is 0. The largest absolute Gasteiger partial charge is 0.419 e. The van der Waals surface area contributed by atoms with Crippen LogP contribution in [0.15, 0.2) is 32.2 Å². The van der Waals surface area contributed by atoms with E-state index in [-0.39, 0.29) is 0 Å². The summed E-state index contributed by atoms with van der Waals surface area (Å²) in [6.45, 7) is 0. The number of thiol groups is 1. The highest BCUT2D eigenvalue weighted by Crippen LogP contribution is 2.13. The van der Waals surface area contributed by atoms with Crippen LogP contribution in [0, 0.1) is 0 Å². The SMILES string of the molecule is O=c1[nH]c2cccc(CS)c2c(=O)o1. The van der Waals surface area contributed by atoms with Gasteiger partial charge < -0.3 is 4.42 Å². The molecule has 0 amide bonds. The summed E-state index contributed by atoms with van der Waals surface area (Å²) in [7, 11) is 0. The van der Waals surface area contributed by atoms with Gasteiger partial charge in [0.2, 0.25) is 0 Å². The van der Waals surface area contributed by atoms with Crippen molar-refractivity contribution < 1.29 is 4.42 Å². The lowest BCUT2D eigenvalue weighted by Gasteiger charge is -1.99. The fourth-order valence-electron chi connectivity index (χ4n) is 1.35. The van der Waals surface area contributed by atoms with Crippen molar-refractivity contribution >= 4 is 23.5 Å². The highest BCUT2D eigenvalue weighted by molar-refractivity contribution is 7.79. The molecule has 2 rings (SSSR count). The molecule has 0 aliphatic rings. The van der Waals surface area contributed by atoms with Crippen molar-refractivity contribution in [1.29, 1.82) is 0 Å². The molecule has 0 fully saturated rings. The van der Waals surface area contributed by atoms with E-state index in [0.29, 0.717) is 16.7 Å². The van der Waals surface area contributed by atoms with Crippen LogP contribution in [0.25, 0.3) is 10.9 Å². The first kappa shape index (κ1) is 9.08. The van der Waals surface area contributed by atoms with Gasteiger partial charge in [-0.15, -0.1) is 0 Å². The minimum absolute atomic E-state index is 0.391. The van der Waals surface area contributed by atoms with Crippen molar-refractivity contribution in [2.24, 2.45) is 0 Å². The van der Waals surface area contributed by atoms with E-state index in [4.69, 9.17) is 0 Å². The van der Waals surface area contributed by atoms with E-state index in [1.807, 2.05) is 0 Å². The minimum Gasteiger partial charge on any atom is -0.372 e. The molecular formula is C9H7NO3S. The van der Waals surface area contributed by atoms with E-state index < -0.39 is 11.4 Å². The predicted molar refractivity (Wildman–Crippen MR) is 55.8 cm³/mol. The first-order valence-corrected chi connectivity index (χ1v) is 4.61. The Morgan fingerprint density at radius 3 is 2.86 bits per heavy atom. The van der Waals surface area contributed by atoms with E-state index in [1.165, 1.54) is 0 Å². The Morgan fingerprint density at radius 1 is 1.36 bits per heavy atom. The van der Waals surface area contributed by atoms with E-state index in [2.05, 4.69) is 22.0 Å².